The molecule has 0 amide bonds. The van der Waals surface area contributed by atoms with Gasteiger partial charge in [-0.2, -0.15) is 0 Å². The van der Waals surface area contributed by atoms with E-state index in [1.54, 1.807) is 11.8 Å². The number of hydrogen-bond acceptors (Lipinski definition) is 2. The molecular weight excluding hydrogens is 238 g/mol. The van der Waals surface area contributed by atoms with E-state index in [1.165, 1.54) is 29.7 Å². The first-order valence-corrected chi connectivity index (χ1v) is 8.23. The number of benzene rings is 1. The molecule has 0 aromatic heterocycles. The summed E-state index contributed by atoms with van der Waals surface area (Å²) in [5.41, 5.74) is 1.39. The first kappa shape index (κ1) is 15.6. The van der Waals surface area contributed by atoms with Gasteiger partial charge in [-0.3, -0.25) is 0 Å². The fourth-order valence-corrected chi connectivity index (χ4v) is 2.41. The predicted molar refractivity (Wildman–Crippen MR) is 83.3 cm³/mol. The van der Waals surface area contributed by atoms with Gasteiger partial charge in [0, 0.05) is 10.9 Å². The molecule has 1 N–H and O–H groups in total. The fraction of sp³-hybridized carbons (Fsp3) is 0.625. The summed E-state index contributed by atoms with van der Waals surface area (Å²) < 4.78 is 0. The third-order valence-corrected chi connectivity index (χ3v) is 4.02. The van der Waals surface area contributed by atoms with Gasteiger partial charge in [-0.05, 0) is 49.8 Å². The van der Waals surface area contributed by atoms with E-state index in [1.807, 2.05) is 0 Å². The highest BCUT2D eigenvalue weighted by atomic mass is 32.2. The average molecular weight is 265 g/mol. The van der Waals surface area contributed by atoms with Gasteiger partial charge in [0.25, 0.3) is 0 Å². The third-order valence-electron chi connectivity index (χ3n) is 3.27. The molecule has 1 atom stereocenters. The molecule has 0 fully saturated rings. The first-order valence-electron chi connectivity index (χ1n) is 7.00. The van der Waals surface area contributed by atoms with Crippen LogP contribution in [0.5, 0.6) is 0 Å². The van der Waals surface area contributed by atoms with Crippen molar-refractivity contribution in [3.8, 4) is 0 Å². The molecule has 0 heterocycles. The van der Waals surface area contributed by atoms with E-state index in [0.29, 0.717) is 6.04 Å². The maximum absolute atomic E-state index is 3.60. The smallest absolute Gasteiger partial charge is 0.0291 e. The summed E-state index contributed by atoms with van der Waals surface area (Å²) in [6, 6.07) is 9.34. The Bertz CT molecular complexity index is 318. The van der Waals surface area contributed by atoms with Crippen LogP contribution in [0.2, 0.25) is 0 Å². The summed E-state index contributed by atoms with van der Waals surface area (Å²) in [4.78, 5) is 1.34. The third kappa shape index (κ3) is 5.92. The number of thioether (sulfide) groups is 1. The van der Waals surface area contributed by atoms with Crippen LogP contribution in [0.1, 0.15) is 51.6 Å². The molecular formula is C16H27NS. The summed E-state index contributed by atoms with van der Waals surface area (Å²) in [5.74, 6) is 0.835. The molecule has 1 aromatic rings. The van der Waals surface area contributed by atoms with E-state index in [0.717, 1.165) is 12.5 Å². The molecule has 0 saturated heterocycles. The van der Waals surface area contributed by atoms with Crippen LogP contribution in [-0.2, 0) is 0 Å². The van der Waals surface area contributed by atoms with Gasteiger partial charge in [-0.15, -0.1) is 11.8 Å². The molecule has 1 unspecified atom stereocenters. The molecule has 0 saturated carbocycles. The van der Waals surface area contributed by atoms with E-state index in [4.69, 9.17) is 0 Å². The second-order valence-electron chi connectivity index (χ2n) is 5.34. The fourth-order valence-electron chi connectivity index (χ4n) is 2.01. The zero-order chi connectivity index (χ0) is 13.4. The van der Waals surface area contributed by atoms with Gasteiger partial charge in [0.2, 0.25) is 0 Å². The normalized spacial score (nSPS) is 12.9. The molecule has 0 radical (unpaired) electrons. The summed E-state index contributed by atoms with van der Waals surface area (Å²) in [5, 5.41) is 3.60. The summed E-state index contributed by atoms with van der Waals surface area (Å²) in [7, 11) is 0. The Balaban J connectivity index is 2.25. The van der Waals surface area contributed by atoms with Crippen LogP contribution in [0, 0.1) is 5.92 Å². The van der Waals surface area contributed by atoms with Gasteiger partial charge < -0.3 is 5.32 Å². The van der Waals surface area contributed by atoms with Gasteiger partial charge in [-0.25, -0.2) is 0 Å². The van der Waals surface area contributed by atoms with Gasteiger partial charge in [0.05, 0.1) is 0 Å². The zero-order valence-corrected chi connectivity index (χ0v) is 13.0. The molecule has 0 aliphatic heterocycles. The summed E-state index contributed by atoms with van der Waals surface area (Å²) in [6.07, 6.45) is 6.08. The topological polar surface area (TPSA) is 12.0 Å². The molecule has 0 aliphatic rings. The van der Waals surface area contributed by atoms with Crippen LogP contribution in [0.15, 0.2) is 29.2 Å². The van der Waals surface area contributed by atoms with Crippen molar-refractivity contribution in [3.63, 3.8) is 0 Å². The molecule has 2 heteroatoms. The molecule has 1 rings (SSSR count). The van der Waals surface area contributed by atoms with Gasteiger partial charge in [-0.1, -0.05) is 38.8 Å². The van der Waals surface area contributed by atoms with Gasteiger partial charge in [0.15, 0.2) is 0 Å². The molecule has 18 heavy (non-hydrogen) atoms. The van der Waals surface area contributed by atoms with Crippen molar-refractivity contribution >= 4 is 11.8 Å². The summed E-state index contributed by atoms with van der Waals surface area (Å²) >= 11 is 1.80. The second kappa shape index (κ2) is 8.60. The van der Waals surface area contributed by atoms with Crippen LogP contribution in [0.25, 0.3) is 0 Å². The van der Waals surface area contributed by atoms with Crippen molar-refractivity contribution in [3.05, 3.63) is 29.8 Å². The van der Waals surface area contributed by atoms with Crippen LogP contribution in [-0.4, -0.2) is 12.8 Å². The van der Waals surface area contributed by atoms with Crippen molar-refractivity contribution in [1.82, 2.24) is 5.32 Å². The molecule has 1 nitrogen and oxygen atoms in total. The van der Waals surface area contributed by atoms with E-state index in [9.17, 15) is 0 Å². The highest BCUT2D eigenvalue weighted by Gasteiger charge is 2.04. The number of unbranched alkanes of at least 4 members (excludes halogenated alkanes) is 1. The highest BCUT2D eigenvalue weighted by molar-refractivity contribution is 7.98. The van der Waals surface area contributed by atoms with E-state index in [2.05, 4.69) is 56.6 Å². The molecule has 102 valence electrons. The van der Waals surface area contributed by atoms with Crippen molar-refractivity contribution in [2.24, 2.45) is 5.92 Å². The van der Waals surface area contributed by atoms with Crippen molar-refractivity contribution in [1.29, 1.82) is 0 Å². The van der Waals surface area contributed by atoms with Crippen LogP contribution >= 0.6 is 11.8 Å². The summed E-state index contributed by atoms with van der Waals surface area (Å²) in [6.45, 7) is 7.96. The Morgan fingerprint density at radius 1 is 1.06 bits per heavy atom. The Morgan fingerprint density at radius 2 is 1.72 bits per heavy atom. The lowest BCUT2D eigenvalue weighted by Gasteiger charge is -2.14. The minimum atomic E-state index is 0.458. The quantitative estimate of drug-likeness (QED) is 0.531. The minimum Gasteiger partial charge on any atom is -0.310 e. The minimum absolute atomic E-state index is 0.458. The molecule has 0 spiro atoms. The molecule has 0 aliphatic carbocycles. The Morgan fingerprint density at radius 3 is 2.28 bits per heavy atom. The van der Waals surface area contributed by atoms with Gasteiger partial charge in [0.1, 0.15) is 0 Å². The lowest BCUT2D eigenvalue weighted by molar-refractivity contribution is 0.498. The van der Waals surface area contributed by atoms with Gasteiger partial charge >= 0.3 is 0 Å². The van der Waals surface area contributed by atoms with Crippen molar-refractivity contribution in [2.75, 3.05) is 12.8 Å². The zero-order valence-electron chi connectivity index (χ0n) is 12.2. The van der Waals surface area contributed by atoms with E-state index in [-0.39, 0.29) is 0 Å². The highest BCUT2D eigenvalue weighted by Crippen LogP contribution is 2.18. The maximum atomic E-state index is 3.60. The van der Waals surface area contributed by atoms with E-state index >= 15 is 0 Å². The Kier molecular flexibility index (Phi) is 7.45. The number of nitrogens with one attached hydrogen (secondary N) is 1. The average Bonchev–Trinajstić information content (AvgIpc) is 2.38. The lowest BCUT2D eigenvalue weighted by atomic mass is 10.1. The number of hydrogen-bond donors (Lipinski definition) is 1. The standard InChI is InChI=1S/C16H27NS/c1-13(2)7-5-6-12-17-14(3)15-8-10-16(18-4)11-9-15/h8-11,13-14,17H,5-7,12H2,1-4H3. The van der Waals surface area contributed by atoms with Crippen LogP contribution in [0.4, 0.5) is 0 Å². The van der Waals surface area contributed by atoms with Crippen LogP contribution in [0.3, 0.4) is 0 Å². The largest absolute Gasteiger partial charge is 0.310 e. The van der Waals surface area contributed by atoms with Crippen molar-refractivity contribution in [2.45, 2.75) is 51.0 Å². The predicted octanol–water partition coefficient (Wildman–Crippen LogP) is 4.89. The van der Waals surface area contributed by atoms with Crippen LogP contribution < -0.4 is 5.32 Å². The monoisotopic (exact) mass is 265 g/mol. The number of rotatable bonds is 8. The lowest BCUT2D eigenvalue weighted by Crippen LogP contribution is -2.19. The SMILES string of the molecule is CSc1ccc(C(C)NCCCCC(C)C)cc1. The van der Waals surface area contributed by atoms with Crippen molar-refractivity contribution < 1.29 is 0 Å². The van der Waals surface area contributed by atoms with E-state index < -0.39 is 0 Å². The molecule has 0 bridgehead atoms. The first-order chi connectivity index (χ1) is 8.63. The second-order valence-corrected chi connectivity index (χ2v) is 6.22. The Labute approximate surface area is 117 Å². The Hall–Kier alpha value is -0.470. The molecule has 1 aromatic carbocycles. The maximum Gasteiger partial charge on any atom is 0.0291 e.